The lowest BCUT2D eigenvalue weighted by molar-refractivity contribution is -0.161. The Morgan fingerprint density at radius 1 is 1.10 bits per heavy atom. The van der Waals surface area contributed by atoms with Crippen molar-refractivity contribution in [2.45, 2.75) is 43.3 Å². The van der Waals surface area contributed by atoms with Gasteiger partial charge in [0.25, 0.3) is 5.60 Å². The molecular weight excluding hydrogens is 315 g/mol. The lowest BCUT2D eigenvalue weighted by atomic mass is 9.76. The standard InChI is InChI=1S/C15H14Cl2O4/c16-9-4-5-10(11(17)8-9)15(20)12(18)14(21-13(15)19)6-2-1-3-7-14/h4-5,8,20H,1-3,6-7H2. The van der Waals surface area contributed by atoms with Gasteiger partial charge in [0.05, 0.1) is 0 Å². The molecule has 1 aliphatic heterocycles. The fourth-order valence-electron chi connectivity index (χ4n) is 3.19. The maximum atomic E-state index is 12.8. The first kappa shape index (κ1) is 14.8. The molecule has 0 radical (unpaired) electrons. The largest absolute Gasteiger partial charge is 0.448 e. The third-order valence-corrected chi connectivity index (χ3v) is 4.86. The molecule has 0 amide bonds. The average Bonchev–Trinajstić information content (AvgIpc) is 2.62. The van der Waals surface area contributed by atoms with Crippen LogP contribution in [0.3, 0.4) is 0 Å². The number of rotatable bonds is 1. The van der Waals surface area contributed by atoms with E-state index in [-0.39, 0.29) is 10.6 Å². The third-order valence-electron chi connectivity index (χ3n) is 4.31. The molecule has 2 aliphatic rings. The predicted octanol–water partition coefficient (Wildman–Crippen LogP) is 3.01. The SMILES string of the molecule is O=C1OC2(CCCCC2)C(=O)C1(O)c1ccc(Cl)cc1Cl. The number of ketones is 1. The van der Waals surface area contributed by atoms with Gasteiger partial charge in [0, 0.05) is 15.6 Å². The van der Waals surface area contributed by atoms with Crippen LogP contribution in [0.15, 0.2) is 18.2 Å². The van der Waals surface area contributed by atoms with Crippen LogP contribution in [0.1, 0.15) is 37.7 Å². The van der Waals surface area contributed by atoms with Crippen molar-refractivity contribution in [3.8, 4) is 0 Å². The van der Waals surface area contributed by atoms with E-state index in [4.69, 9.17) is 27.9 Å². The second-order valence-electron chi connectivity index (χ2n) is 5.61. The summed E-state index contributed by atoms with van der Waals surface area (Å²) in [7, 11) is 0. The molecule has 1 saturated heterocycles. The molecule has 0 bridgehead atoms. The van der Waals surface area contributed by atoms with Crippen LogP contribution in [0, 0.1) is 0 Å². The zero-order valence-electron chi connectivity index (χ0n) is 11.2. The molecule has 1 aromatic rings. The van der Waals surface area contributed by atoms with Crippen LogP contribution in [-0.2, 0) is 19.9 Å². The van der Waals surface area contributed by atoms with Crippen molar-refractivity contribution in [3.63, 3.8) is 0 Å². The van der Waals surface area contributed by atoms with Crippen LogP contribution in [0.2, 0.25) is 10.0 Å². The van der Waals surface area contributed by atoms with E-state index < -0.39 is 23.0 Å². The Kier molecular flexibility index (Phi) is 3.51. The van der Waals surface area contributed by atoms with Crippen molar-refractivity contribution < 1.29 is 19.4 Å². The van der Waals surface area contributed by atoms with Crippen LogP contribution in [-0.4, -0.2) is 22.5 Å². The van der Waals surface area contributed by atoms with Gasteiger partial charge in [-0.25, -0.2) is 4.79 Å². The number of benzene rings is 1. The zero-order chi connectivity index (χ0) is 15.3. The number of esters is 1. The van der Waals surface area contributed by atoms with Gasteiger partial charge in [-0.3, -0.25) is 4.79 Å². The van der Waals surface area contributed by atoms with Crippen molar-refractivity contribution in [1.29, 1.82) is 0 Å². The van der Waals surface area contributed by atoms with Gasteiger partial charge < -0.3 is 9.84 Å². The maximum Gasteiger partial charge on any atom is 0.352 e. The summed E-state index contributed by atoms with van der Waals surface area (Å²) >= 11 is 11.9. The van der Waals surface area contributed by atoms with E-state index in [1.54, 1.807) is 0 Å². The Hall–Kier alpha value is -1.10. The second-order valence-corrected chi connectivity index (χ2v) is 6.45. The normalized spacial score (nSPS) is 28.0. The quantitative estimate of drug-likeness (QED) is 0.635. The van der Waals surface area contributed by atoms with E-state index in [2.05, 4.69) is 0 Å². The molecule has 1 spiro atoms. The summed E-state index contributed by atoms with van der Waals surface area (Å²) in [4.78, 5) is 25.0. The molecule has 2 fully saturated rings. The molecule has 1 heterocycles. The highest BCUT2D eigenvalue weighted by Crippen LogP contribution is 2.46. The number of halogens is 2. The first-order chi connectivity index (χ1) is 9.90. The Morgan fingerprint density at radius 3 is 2.38 bits per heavy atom. The Bertz CT molecular complexity index is 622. The van der Waals surface area contributed by atoms with Crippen molar-refractivity contribution in [1.82, 2.24) is 0 Å². The van der Waals surface area contributed by atoms with Gasteiger partial charge in [-0.2, -0.15) is 0 Å². The van der Waals surface area contributed by atoms with Crippen LogP contribution in [0.5, 0.6) is 0 Å². The average molecular weight is 329 g/mol. The van der Waals surface area contributed by atoms with E-state index in [1.807, 2.05) is 0 Å². The number of aliphatic hydroxyl groups is 1. The van der Waals surface area contributed by atoms with Gasteiger partial charge in [-0.15, -0.1) is 0 Å². The third kappa shape index (κ3) is 2.08. The number of carbonyl (C=O) groups excluding carboxylic acids is 2. The number of hydrogen-bond acceptors (Lipinski definition) is 4. The molecule has 0 aromatic heterocycles. The molecule has 1 aliphatic carbocycles. The molecule has 4 nitrogen and oxygen atoms in total. The van der Waals surface area contributed by atoms with E-state index in [1.165, 1.54) is 18.2 Å². The van der Waals surface area contributed by atoms with Gasteiger partial charge in [0.2, 0.25) is 5.78 Å². The van der Waals surface area contributed by atoms with E-state index in [0.717, 1.165) is 19.3 Å². The molecule has 6 heteroatoms. The molecule has 1 atom stereocenters. The number of carbonyl (C=O) groups is 2. The Balaban J connectivity index is 2.08. The molecule has 1 aromatic carbocycles. The van der Waals surface area contributed by atoms with Crippen molar-refractivity contribution in [2.24, 2.45) is 0 Å². The summed E-state index contributed by atoms with van der Waals surface area (Å²) < 4.78 is 5.33. The molecule has 1 saturated carbocycles. The first-order valence-electron chi connectivity index (χ1n) is 6.86. The lowest BCUT2D eigenvalue weighted by Crippen LogP contribution is -2.46. The van der Waals surface area contributed by atoms with E-state index in [9.17, 15) is 14.7 Å². The van der Waals surface area contributed by atoms with Crippen molar-refractivity contribution in [3.05, 3.63) is 33.8 Å². The summed E-state index contributed by atoms with van der Waals surface area (Å²) in [5, 5.41) is 11.2. The molecule has 21 heavy (non-hydrogen) atoms. The minimum atomic E-state index is -2.33. The predicted molar refractivity (Wildman–Crippen MR) is 77.3 cm³/mol. The first-order valence-corrected chi connectivity index (χ1v) is 7.62. The maximum absolute atomic E-state index is 12.8. The number of ether oxygens (including phenoxy) is 1. The highest BCUT2D eigenvalue weighted by Gasteiger charge is 2.65. The minimum absolute atomic E-state index is 0.0333. The molecule has 3 rings (SSSR count). The van der Waals surface area contributed by atoms with Crippen LogP contribution < -0.4 is 0 Å². The summed E-state index contributed by atoms with van der Waals surface area (Å²) in [6.45, 7) is 0. The van der Waals surface area contributed by atoms with Gasteiger partial charge in [-0.05, 0) is 37.8 Å². The number of Topliss-reactive ketones (excluding diaryl/α,β-unsaturated/α-hetero) is 1. The monoisotopic (exact) mass is 328 g/mol. The van der Waals surface area contributed by atoms with Gasteiger partial charge in [0.1, 0.15) is 0 Å². The highest BCUT2D eigenvalue weighted by molar-refractivity contribution is 6.36. The second kappa shape index (κ2) is 4.97. The van der Waals surface area contributed by atoms with Crippen LogP contribution in [0.25, 0.3) is 0 Å². The van der Waals surface area contributed by atoms with Gasteiger partial charge in [-0.1, -0.05) is 35.7 Å². The highest BCUT2D eigenvalue weighted by atomic mass is 35.5. The molecule has 112 valence electrons. The molecular formula is C15H14Cl2O4. The van der Waals surface area contributed by atoms with Crippen LogP contribution >= 0.6 is 23.2 Å². The molecule has 1 unspecified atom stereocenters. The van der Waals surface area contributed by atoms with Gasteiger partial charge in [0.15, 0.2) is 5.60 Å². The van der Waals surface area contributed by atoms with Crippen LogP contribution in [0.4, 0.5) is 0 Å². The van der Waals surface area contributed by atoms with Crippen molar-refractivity contribution >= 4 is 35.0 Å². The zero-order valence-corrected chi connectivity index (χ0v) is 12.7. The smallest absolute Gasteiger partial charge is 0.352 e. The lowest BCUT2D eigenvalue weighted by Gasteiger charge is -2.30. The van der Waals surface area contributed by atoms with Crippen molar-refractivity contribution in [2.75, 3.05) is 0 Å². The summed E-state index contributed by atoms with van der Waals surface area (Å²) in [6.07, 6.45) is 3.48. The van der Waals surface area contributed by atoms with Gasteiger partial charge >= 0.3 is 5.97 Å². The topological polar surface area (TPSA) is 63.6 Å². The summed E-state index contributed by atoms with van der Waals surface area (Å²) in [5.41, 5.74) is -3.50. The van der Waals surface area contributed by atoms with E-state index in [0.29, 0.717) is 17.9 Å². The fraction of sp³-hybridized carbons (Fsp3) is 0.467. The van der Waals surface area contributed by atoms with E-state index >= 15 is 0 Å². The Morgan fingerprint density at radius 2 is 1.76 bits per heavy atom. The minimum Gasteiger partial charge on any atom is -0.448 e. The molecule has 1 N–H and O–H groups in total. The summed E-state index contributed by atoms with van der Waals surface area (Å²) in [6, 6.07) is 4.27. The number of hydrogen-bond donors (Lipinski definition) is 1. The summed E-state index contributed by atoms with van der Waals surface area (Å²) in [5.74, 6) is -1.55. The fourth-order valence-corrected chi connectivity index (χ4v) is 3.73. The Labute approximate surface area is 132 Å².